The van der Waals surface area contributed by atoms with Gasteiger partial charge in [0.05, 0.1) is 6.61 Å². The van der Waals surface area contributed by atoms with Crippen LogP contribution in [0.2, 0.25) is 0 Å². The molecule has 2 rings (SSSR count). The highest BCUT2D eigenvalue weighted by atomic mass is 16.5. The predicted molar refractivity (Wildman–Crippen MR) is 70.4 cm³/mol. The Bertz CT molecular complexity index is 613. The summed E-state index contributed by atoms with van der Waals surface area (Å²) >= 11 is 0. The van der Waals surface area contributed by atoms with E-state index in [1.807, 2.05) is 19.1 Å². The maximum Gasteiger partial charge on any atom is 0.343 e. The number of hydrogen-bond acceptors (Lipinski definition) is 6. The summed E-state index contributed by atoms with van der Waals surface area (Å²) in [5, 5.41) is 0. The summed E-state index contributed by atoms with van der Waals surface area (Å²) in [4.78, 5) is 24.1. The molecule has 0 fully saturated rings. The second-order valence-corrected chi connectivity index (χ2v) is 3.88. The van der Waals surface area contributed by atoms with Gasteiger partial charge in [-0.15, -0.1) is 0 Å². The van der Waals surface area contributed by atoms with E-state index < -0.39 is 5.97 Å². The van der Waals surface area contributed by atoms with E-state index in [0.29, 0.717) is 11.5 Å². The van der Waals surface area contributed by atoms with Crippen LogP contribution < -0.4 is 5.73 Å². The molecule has 19 heavy (non-hydrogen) atoms. The minimum absolute atomic E-state index is 0.0896. The summed E-state index contributed by atoms with van der Waals surface area (Å²) in [5.41, 5.74) is 7.38. The molecule has 6 heteroatoms. The molecule has 98 valence electrons. The molecule has 0 aliphatic rings. The van der Waals surface area contributed by atoms with Gasteiger partial charge in [-0.3, -0.25) is 0 Å². The number of rotatable bonds is 3. The molecule has 0 unspecified atom stereocenters. The Morgan fingerprint density at radius 2 is 2.16 bits per heavy atom. The van der Waals surface area contributed by atoms with Crippen molar-refractivity contribution in [1.29, 1.82) is 0 Å². The van der Waals surface area contributed by atoms with E-state index in [0.717, 1.165) is 5.69 Å². The van der Waals surface area contributed by atoms with E-state index in [1.165, 1.54) is 6.20 Å². The molecular formula is C13H14N4O2. The van der Waals surface area contributed by atoms with Gasteiger partial charge in [0, 0.05) is 11.9 Å². The predicted octanol–water partition coefficient (Wildman–Crippen LogP) is 1.61. The third-order valence-corrected chi connectivity index (χ3v) is 2.43. The van der Waals surface area contributed by atoms with Crippen LogP contribution in [0.5, 0.6) is 0 Å². The smallest absolute Gasteiger partial charge is 0.343 e. The van der Waals surface area contributed by atoms with Gasteiger partial charge in [0.15, 0.2) is 5.82 Å². The van der Waals surface area contributed by atoms with E-state index in [1.54, 1.807) is 13.0 Å². The number of carbonyl (C=O) groups excluding carboxylic acids is 1. The van der Waals surface area contributed by atoms with Gasteiger partial charge in [0.2, 0.25) is 0 Å². The summed E-state index contributed by atoms with van der Waals surface area (Å²) in [6, 6.07) is 5.52. The third kappa shape index (κ3) is 2.85. The van der Waals surface area contributed by atoms with Crippen LogP contribution in [-0.2, 0) is 4.74 Å². The molecule has 2 N–H and O–H groups in total. The van der Waals surface area contributed by atoms with E-state index in [2.05, 4.69) is 15.0 Å². The van der Waals surface area contributed by atoms with Gasteiger partial charge in [0.1, 0.15) is 17.1 Å². The topological polar surface area (TPSA) is 91.0 Å². The molecule has 0 aliphatic heterocycles. The standard InChI is InChI=1S/C13H14N4O2/c1-3-19-13(18)9-7-15-12(17-11(9)14)10-6-4-5-8(2)16-10/h4-7H,3H2,1-2H3,(H2,14,15,17). The summed E-state index contributed by atoms with van der Waals surface area (Å²) in [6.07, 6.45) is 1.36. The van der Waals surface area contributed by atoms with Gasteiger partial charge < -0.3 is 10.5 Å². The molecule has 0 saturated carbocycles. The summed E-state index contributed by atoms with van der Waals surface area (Å²) in [6.45, 7) is 3.87. The van der Waals surface area contributed by atoms with Crippen LogP contribution in [0.25, 0.3) is 11.5 Å². The molecule has 0 aliphatic carbocycles. The second kappa shape index (κ2) is 5.43. The quantitative estimate of drug-likeness (QED) is 0.841. The molecule has 2 aromatic heterocycles. The van der Waals surface area contributed by atoms with E-state index >= 15 is 0 Å². The van der Waals surface area contributed by atoms with Crippen molar-refractivity contribution < 1.29 is 9.53 Å². The molecule has 0 radical (unpaired) electrons. The fourth-order valence-corrected chi connectivity index (χ4v) is 1.55. The number of ether oxygens (including phenoxy) is 1. The monoisotopic (exact) mass is 258 g/mol. The molecule has 2 heterocycles. The van der Waals surface area contributed by atoms with Crippen molar-refractivity contribution in [2.24, 2.45) is 0 Å². The lowest BCUT2D eigenvalue weighted by Crippen LogP contribution is -2.11. The highest BCUT2D eigenvalue weighted by Gasteiger charge is 2.14. The van der Waals surface area contributed by atoms with Gasteiger partial charge in [0.25, 0.3) is 0 Å². The average molecular weight is 258 g/mol. The average Bonchev–Trinajstić information content (AvgIpc) is 2.38. The number of pyridine rings is 1. The van der Waals surface area contributed by atoms with Crippen molar-refractivity contribution in [2.45, 2.75) is 13.8 Å². The Labute approximate surface area is 110 Å². The van der Waals surface area contributed by atoms with Gasteiger partial charge in [-0.2, -0.15) is 0 Å². The molecule has 2 aromatic rings. The summed E-state index contributed by atoms with van der Waals surface area (Å²) in [7, 11) is 0. The number of nitrogens with zero attached hydrogens (tertiary/aromatic N) is 3. The van der Waals surface area contributed by atoms with Crippen molar-refractivity contribution in [3.8, 4) is 11.5 Å². The van der Waals surface area contributed by atoms with Gasteiger partial charge >= 0.3 is 5.97 Å². The zero-order valence-corrected chi connectivity index (χ0v) is 10.8. The van der Waals surface area contributed by atoms with Crippen molar-refractivity contribution in [3.05, 3.63) is 35.7 Å². The molecule has 0 atom stereocenters. The van der Waals surface area contributed by atoms with Crippen molar-refractivity contribution >= 4 is 11.8 Å². The highest BCUT2D eigenvalue weighted by Crippen LogP contribution is 2.16. The number of hydrogen-bond donors (Lipinski definition) is 1. The maximum atomic E-state index is 11.6. The fourth-order valence-electron chi connectivity index (χ4n) is 1.55. The first-order chi connectivity index (χ1) is 9.11. The Morgan fingerprint density at radius 1 is 1.37 bits per heavy atom. The van der Waals surface area contributed by atoms with Crippen molar-refractivity contribution in [2.75, 3.05) is 12.3 Å². The molecule has 0 saturated heterocycles. The largest absolute Gasteiger partial charge is 0.462 e. The number of nitrogen functional groups attached to an aromatic ring is 1. The Kier molecular flexibility index (Phi) is 3.70. The van der Waals surface area contributed by atoms with E-state index in [9.17, 15) is 4.79 Å². The molecule has 0 bridgehead atoms. The minimum atomic E-state index is -0.524. The summed E-state index contributed by atoms with van der Waals surface area (Å²) in [5.74, 6) is -0.0512. The zero-order valence-electron chi connectivity index (χ0n) is 10.8. The molecular weight excluding hydrogens is 244 g/mol. The molecule has 0 amide bonds. The van der Waals surface area contributed by atoms with Crippen molar-refractivity contribution in [3.63, 3.8) is 0 Å². The number of anilines is 1. The minimum Gasteiger partial charge on any atom is -0.462 e. The fraction of sp³-hybridized carbons (Fsp3) is 0.231. The van der Waals surface area contributed by atoms with Crippen LogP contribution in [0, 0.1) is 6.92 Å². The number of nitrogens with two attached hydrogens (primary N) is 1. The Morgan fingerprint density at radius 3 is 2.79 bits per heavy atom. The van der Waals surface area contributed by atoms with Crippen LogP contribution in [0.1, 0.15) is 23.0 Å². The number of carbonyl (C=O) groups is 1. The van der Waals surface area contributed by atoms with Gasteiger partial charge in [-0.25, -0.2) is 19.7 Å². The number of aryl methyl sites for hydroxylation is 1. The second-order valence-electron chi connectivity index (χ2n) is 3.88. The Balaban J connectivity index is 2.36. The van der Waals surface area contributed by atoms with Crippen LogP contribution in [0.15, 0.2) is 24.4 Å². The highest BCUT2D eigenvalue weighted by molar-refractivity contribution is 5.93. The number of esters is 1. The Hall–Kier alpha value is -2.50. The van der Waals surface area contributed by atoms with Gasteiger partial charge in [-0.05, 0) is 26.0 Å². The lowest BCUT2D eigenvalue weighted by atomic mass is 10.2. The van der Waals surface area contributed by atoms with Crippen LogP contribution in [0.4, 0.5) is 5.82 Å². The first-order valence-electron chi connectivity index (χ1n) is 5.85. The zero-order chi connectivity index (χ0) is 13.8. The maximum absolute atomic E-state index is 11.6. The van der Waals surface area contributed by atoms with Crippen molar-refractivity contribution in [1.82, 2.24) is 15.0 Å². The first kappa shape index (κ1) is 12.9. The molecule has 0 aromatic carbocycles. The summed E-state index contributed by atoms with van der Waals surface area (Å²) < 4.78 is 4.86. The van der Waals surface area contributed by atoms with Gasteiger partial charge in [-0.1, -0.05) is 6.07 Å². The van der Waals surface area contributed by atoms with E-state index in [4.69, 9.17) is 10.5 Å². The molecule has 6 nitrogen and oxygen atoms in total. The van der Waals surface area contributed by atoms with E-state index in [-0.39, 0.29) is 18.0 Å². The lowest BCUT2D eigenvalue weighted by Gasteiger charge is -2.06. The van der Waals surface area contributed by atoms with Crippen LogP contribution >= 0.6 is 0 Å². The van der Waals surface area contributed by atoms with Crippen LogP contribution in [-0.4, -0.2) is 27.5 Å². The van der Waals surface area contributed by atoms with Crippen LogP contribution in [0.3, 0.4) is 0 Å². The third-order valence-electron chi connectivity index (χ3n) is 2.43. The lowest BCUT2D eigenvalue weighted by molar-refractivity contribution is 0.0527. The molecule has 0 spiro atoms. The first-order valence-corrected chi connectivity index (χ1v) is 5.85. The normalized spacial score (nSPS) is 10.2. The number of aromatic nitrogens is 3. The SMILES string of the molecule is CCOC(=O)c1cnc(-c2cccc(C)n2)nc1N.